The zero-order chi connectivity index (χ0) is 27.5. The number of unbranched alkanes of at least 4 members (excludes halogenated alkanes) is 9. The van der Waals surface area contributed by atoms with E-state index in [2.05, 4.69) is 58.8 Å². The molecule has 0 aliphatic heterocycles. The lowest BCUT2D eigenvalue weighted by atomic mass is 9.90. The minimum absolute atomic E-state index is 0.0463. The Kier molecular flexibility index (Phi) is 10.9. The van der Waals surface area contributed by atoms with E-state index >= 15 is 0 Å². The number of carbonyl (C=O) groups is 1. The highest BCUT2D eigenvalue weighted by atomic mass is 32.3. The Morgan fingerprint density at radius 1 is 0.641 bits per heavy atom. The first kappa shape index (κ1) is 29.2. The average Bonchev–Trinajstić information content (AvgIpc) is 2.92. The van der Waals surface area contributed by atoms with Crippen molar-refractivity contribution >= 4 is 48.7 Å². The second kappa shape index (κ2) is 14.6. The van der Waals surface area contributed by atoms with Gasteiger partial charge in [-0.1, -0.05) is 106 Å². The van der Waals surface area contributed by atoms with Crippen LogP contribution in [0, 0.1) is 0 Å². The molecular formula is C32H40O6S. The van der Waals surface area contributed by atoms with Crippen molar-refractivity contribution in [3.63, 3.8) is 0 Å². The maximum absolute atomic E-state index is 12.2. The molecule has 0 aliphatic carbocycles. The summed E-state index contributed by atoms with van der Waals surface area (Å²) in [5.74, 6) is -0.102. The Morgan fingerprint density at radius 3 is 1.82 bits per heavy atom. The molecule has 0 aromatic heterocycles. The molecule has 0 unspecified atom stereocenters. The zero-order valence-corrected chi connectivity index (χ0v) is 23.5. The summed E-state index contributed by atoms with van der Waals surface area (Å²) >= 11 is 0. The summed E-state index contributed by atoms with van der Waals surface area (Å²) in [5.41, 5.74) is 1.29. The smallest absolute Gasteiger partial charge is 0.397 e. The van der Waals surface area contributed by atoms with Gasteiger partial charge in [-0.3, -0.25) is 9.35 Å². The Balaban J connectivity index is 1.05. The fourth-order valence-corrected chi connectivity index (χ4v) is 5.81. The maximum Gasteiger partial charge on any atom is 0.397 e. The Morgan fingerprint density at radius 2 is 1.18 bits per heavy atom. The summed E-state index contributed by atoms with van der Waals surface area (Å²) in [7, 11) is -4.30. The minimum Gasteiger partial charge on any atom is -0.466 e. The number of carbonyl (C=O) groups excluding carboxylic acids is 1. The van der Waals surface area contributed by atoms with Crippen molar-refractivity contribution in [3.05, 3.63) is 60.2 Å². The second-order valence-corrected chi connectivity index (χ2v) is 11.5. The van der Waals surface area contributed by atoms with Crippen LogP contribution in [-0.2, 0) is 30.5 Å². The molecule has 210 valence electrons. The Hall–Kier alpha value is -2.74. The number of esters is 1. The van der Waals surface area contributed by atoms with E-state index < -0.39 is 10.4 Å². The number of aryl methyl sites for hydroxylation is 1. The molecule has 4 aromatic rings. The third kappa shape index (κ3) is 8.88. The van der Waals surface area contributed by atoms with Gasteiger partial charge in [-0.2, -0.15) is 8.42 Å². The lowest BCUT2D eigenvalue weighted by Crippen LogP contribution is -2.06. The summed E-state index contributed by atoms with van der Waals surface area (Å²) in [6.45, 7) is 0.550. The van der Waals surface area contributed by atoms with Gasteiger partial charge in [-0.25, -0.2) is 4.18 Å². The first-order chi connectivity index (χ1) is 18.9. The van der Waals surface area contributed by atoms with Crippen molar-refractivity contribution in [1.29, 1.82) is 0 Å². The molecule has 39 heavy (non-hydrogen) atoms. The predicted molar refractivity (Wildman–Crippen MR) is 158 cm³/mol. The molecule has 0 aliphatic rings. The van der Waals surface area contributed by atoms with Crippen LogP contribution in [0.4, 0.5) is 0 Å². The van der Waals surface area contributed by atoms with Crippen molar-refractivity contribution in [2.45, 2.75) is 83.5 Å². The number of hydrogen-bond donors (Lipinski definition) is 1. The summed E-state index contributed by atoms with van der Waals surface area (Å²) < 4.78 is 39.2. The fraction of sp³-hybridized carbons (Fsp3) is 0.469. The van der Waals surface area contributed by atoms with Crippen LogP contribution >= 0.6 is 0 Å². The van der Waals surface area contributed by atoms with Gasteiger partial charge in [0, 0.05) is 6.42 Å². The van der Waals surface area contributed by atoms with Crippen molar-refractivity contribution in [2.75, 3.05) is 13.2 Å². The van der Waals surface area contributed by atoms with E-state index in [1.807, 2.05) is 0 Å². The van der Waals surface area contributed by atoms with Crippen LogP contribution in [0.2, 0.25) is 0 Å². The molecule has 0 atom stereocenters. The first-order valence-corrected chi connectivity index (χ1v) is 15.7. The van der Waals surface area contributed by atoms with Gasteiger partial charge in [0.1, 0.15) is 0 Å². The molecule has 0 bridgehead atoms. The van der Waals surface area contributed by atoms with E-state index in [-0.39, 0.29) is 12.6 Å². The van der Waals surface area contributed by atoms with Crippen LogP contribution in [-0.4, -0.2) is 32.2 Å². The Bertz CT molecular complexity index is 1430. The van der Waals surface area contributed by atoms with Gasteiger partial charge in [-0.05, 0) is 63.6 Å². The molecule has 4 rings (SSSR count). The molecule has 0 saturated heterocycles. The molecule has 1 N–H and O–H groups in total. The average molecular weight is 553 g/mol. The standard InChI is InChI=1S/C32H40O6S/c33-30(37-23-9-7-5-3-1-2-4-6-8-10-24-38-39(34,35)36)16-12-13-25-17-18-28-20-19-26-14-11-15-27-21-22-29(25)32(28)31(26)27/h11,14-15,17-22H,1-10,12-13,16,23-24H2,(H,34,35,36). The number of ether oxygens (including phenoxy) is 1. The molecule has 6 nitrogen and oxygen atoms in total. The van der Waals surface area contributed by atoms with E-state index in [0.29, 0.717) is 19.4 Å². The van der Waals surface area contributed by atoms with E-state index in [1.165, 1.54) is 57.1 Å². The fourth-order valence-electron chi connectivity index (χ4n) is 5.48. The second-order valence-electron chi connectivity index (χ2n) is 10.4. The highest BCUT2D eigenvalue weighted by molar-refractivity contribution is 7.80. The zero-order valence-electron chi connectivity index (χ0n) is 22.7. The number of hydrogen-bond acceptors (Lipinski definition) is 5. The summed E-state index contributed by atoms with van der Waals surface area (Å²) in [5, 5.41) is 7.75. The van der Waals surface area contributed by atoms with E-state index in [0.717, 1.165) is 51.4 Å². The van der Waals surface area contributed by atoms with E-state index in [9.17, 15) is 13.2 Å². The topological polar surface area (TPSA) is 89.9 Å². The van der Waals surface area contributed by atoms with E-state index in [1.54, 1.807) is 0 Å². The third-order valence-corrected chi connectivity index (χ3v) is 7.94. The first-order valence-electron chi connectivity index (χ1n) is 14.4. The minimum atomic E-state index is -4.30. The van der Waals surface area contributed by atoms with Gasteiger partial charge >= 0.3 is 16.4 Å². The van der Waals surface area contributed by atoms with Gasteiger partial charge in [0.2, 0.25) is 0 Å². The van der Waals surface area contributed by atoms with Gasteiger partial charge in [0.15, 0.2) is 0 Å². The molecular weight excluding hydrogens is 512 g/mol. The predicted octanol–water partition coefficient (Wildman–Crippen LogP) is 8.17. The summed E-state index contributed by atoms with van der Waals surface area (Å²) in [6.07, 6.45) is 12.5. The molecule has 0 spiro atoms. The Labute approximate surface area is 232 Å². The molecule has 4 aromatic carbocycles. The normalized spacial score (nSPS) is 12.1. The summed E-state index contributed by atoms with van der Waals surface area (Å²) in [4.78, 5) is 12.2. The SMILES string of the molecule is O=C(CCCc1ccc2ccc3cccc4ccc1c2c34)OCCCCCCCCCCCCOS(=O)(=O)O. The molecule has 0 heterocycles. The lowest BCUT2D eigenvalue weighted by molar-refractivity contribution is -0.143. The van der Waals surface area contributed by atoms with E-state index in [4.69, 9.17) is 9.29 Å². The third-order valence-electron chi connectivity index (χ3n) is 7.48. The summed E-state index contributed by atoms with van der Waals surface area (Å²) in [6, 6.07) is 19.7. The van der Waals surface area contributed by atoms with Gasteiger partial charge in [0.25, 0.3) is 0 Å². The highest BCUT2D eigenvalue weighted by Crippen LogP contribution is 2.36. The van der Waals surface area contributed by atoms with Crippen LogP contribution in [0.5, 0.6) is 0 Å². The van der Waals surface area contributed by atoms with Crippen LogP contribution in [0.25, 0.3) is 32.3 Å². The molecule has 0 radical (unpaired) electrons. The van der Waals surface area contributed by atoms with Crippen molar-refractivity contribution in [1.82, 2.24) is 0 Å². The molecule has 0 saturated carbocycles. The largest absolute Gasteiger partial charge is 0.466 e. The highest BCUT2D eigenvalue weighted by Gasteiger charge is 2.11. The van der Waals surface area contributed by atoms with Gasteiger partial charge in [-0.15, -0.1) is 0 Å². The van der Waals surface area contributed by atoms with Crippen molar-refractivity contribution in [3.8, 4) is 0 Å². The van der Waals surface area contributed by atoms with Crippen LogP contribution < -0.4 is 0 Å². The van der Waals surface area contributed by atoms with Gasteiger partial charge < -0.3 is 4.74 Å². The molecule has 0 amide bonds. The van der Waals surface area contributed by atoms with Crippen LogP contribution in [0.3, 0.4) is 0 Å². The van der Waals surface area contributed by atoms with Crippen molar-refractivity contribution in [2.24, 2.45) is 0 Å². The molecule has 7 heteroatoms. The van der Waals surface area contributed by atoms with Crippen LogP contribution in [0.1, 0.15) is 82.6 Å². The quantitative estimate of drug-likeness (QED) is 0.0579. The monoisotopic (exact) mass is 552 g/mol. The van der Waals surface area contributed by atoms with Crippen molar-refractivity contribution < 1.29 is 26.7 Å². The lowest BCUT2D eigenvalue weighted by Gasteiger charge is -2.14. The molecule has 0 fully saturated rings. The van der Waals surface area contributed by atoms with Crippen LogP contribution in [0.15, 0.2) is 54.6 Å². The van der Waals surface area contributed by atoms with Gasteiger partial charge in [0.05, 0.1) is 13.2 Å². The number of benzene rings is 4. The maximum atomic E-state index is 12.2. The number of rotatable bonds is 18.